The normalized spacial score (nSPS) is 11.2. The molecule has 0 fully saturated rings. The molecule has 3 aromatic rings. The van der Waals surface area contributed by atoms with E-state index in [0.29, 0.717) is 26.7 Å². The summed E-state index contributed by atoms with van der Waals surface area (Å²) in [6.45, 7) is 0. The van der Waals surface area contributed by atoms with Crippen molar-refractivity contribution in [2.24, 2.45) is 0 Å². The molecule has 0 radical (unpaired) electrons. The van der Waals surface area contributed by atoms with Crippen molar-refractivity contribution < 1.29 is 0 Å². The Hall–Kier alpha value is -0.940. The SMILES string of the molecule is Nc1nc2cc(Br)ccc2n1-c1cc(Cl)c(Cl)cc1Cl. The van der Waals surface area contributed by atoms with Crippen LogP contribution in [0, 0.1) is 0 Å². The summed E-state index contributed by atoms with van der Waals surface area (Å²) in [7, 11) is 0. The third-order valence-electron chi connectivity index (χ3n) is 2.87. The molecule has 0 aliphatic carbocycles. The summed E-state index contributed by atoms with van der Waals surface area (Å²) in [5.41, 5.74) is 8.24. The molecule has 2 aromatic carbocycles. The van der Waals surface area contributed by atoms with Gasteiger partial charge in [-0.3, -0.25) is 4.57 Å². The maximum absolute atomic E-state index is 6.24. The van der Waals surface area contributed by atoms with Crippen LogP contribution in [0.2, 0.25) is 15.1 Å². The van der Waals surface area contributed by atoms with Crippen LogP contribution in [0.25, 0.3) is 16.7 Å². The van der Waals surface area contributed by atoms with Crippen molar-refractivity contribution in [1.82, 2.24) is 9.55 Å². The number of hydrogen-bond donors (Lipinski definition) is 1. The molecule has 0 saturated heterocycles. The number of imidazole rings is 1. The second kappa shape index (κ2) is 5.11. The van der Waals surface area contributed by atoms with Crippen LogP contribution in [0.15, 0.2) is 34.8 Å². The van der Waals surface area contributed by atoms with E-state index in [1.54, 1.807) is 16.7 Å². The lowest BCUT2D eigenvalue weighted by molar-refractivity contribution is 1.11. The third-order valence-corrected chi connectivity index (χ3v) is 4.39. The topological polar surface area (TPSA) is 43.8 Å². The molecule has 3 nitrogen and oxygen atoms in total. The first-order chi connectivity index (χ1) is 9.47. The van der Waals surface area contributed by atoms with Crippen molar-refractivity contribution in [2.45, 2.75) is 0 Å². The first-order valence-electron chi connectivity index (χ1n) is 5.56. The van der Waals surface area contributed by atoms with Crippen LogP contribution in [-0.4, -0.2) is 9.55 Å². The quantitative estimate of drug-likeness (QED) is 0.570. The molecular weight excluding hydrogens is 384 g/mol. The number of aromatic nitrogens is 2. The number of hydrogen-bond acceptors (Lipinski definition) is 2. The molecule has 2 N–H and O–H groups in total. The van der Waals surface area contributed by atoms with Crippen LogP contribution in [0.1, 0.15) is 0 Å². The van der Waals surface area contributed by atoms with Gasteiger partial charge in [-0.25, -0.2) is 4.98 Å². The highest BCUT2D eigenvalue weighted by molar-refractivity contribution is 9.10. The Morgan fingerprint density at radius 3 is 2.45 bits per heavy atom. The minimum absolute atomic E-state index is 0.332. The minimum atomic E-state index is 0.332. The first kappa shape index (κ1) is 14.0. The summed E-state index contributed by atoms with van der Waals surface area (Å²) in [6, 6.07) is 8.96. The maximum atomic E-state index is 6.24. The fourth-order valence-corrected chi connectivity index (χ4v) is 2.98. The van der Waals surface area contributed by atoms with Crippen LogP contribution in [0.4, 0.5) is 5.95 Å². The number of fused-ring (bicyclic) bond motifs is 1. The lowest BCUT2D eigenvalue weighted by atomic mass is 10.2. The van der Waals surface area contributed by atoms with E-state index >= 15 is 0 Å². The number of nitrogen functional groups attached to an aromatic ring is 1. The summed E-state index contributed by atoms with van der Waals surface area (Å²) in [5, 5.41) is 1.25. The molecule has 0 spiro atoms. The summed E-state index contributed by atoms with van der Waals surface area (Å²) in [4.78, 5) is 4.32. The molecule has 1 aromatic heterocycles. The number of rotatable bonds is 1. The zero-order chi connectivity index (χ0) is 14.4. The highest BCUT2D eigenvalue weighted by Gasteiger charge is 2.14. The van der Waals surface area contributed by atoms with Crippen molar-refractivity contribution in [2.75, 3.05) is 5.73 Å². The van der Waals surface area contributed by atoms with E-state index in [-0.39, 0.29) is 0 Å². The highest BCUT2D eigenvalue weighted by Crippen LogP contribution is 2.34. The fourth-order valence-electron chi connectivity index (χ4n) is 2.01. The average molecular weight is 391 g/mol. The number of anilines is 1. The standard InChI is InChI=1S/C13H7BrCl3N3/c14-6-1-2-11-10(3-6)19-13(18)20(11)12-5-8(16)7(15)4-9(12)17/h1-5H,(H2,18,19). The Morgan fingerprint density at radius 1 is 1.00 bits per heavy atom. The monoisotopic (exact) mass is 389 g/mol. The summed E-state index contributed by atoms with van der Waals surface area (Å²) in [5.74, 6) is 0.332. The largest absolute Gasteiger partial charge is 0.369 e. The van der Waals surface area contributed by atoms with E-state index in [9.17, 15) is 0 Å². The summed E-state index contributed by atoms with van der Waals surface area (Å²) in [6.07, 6.45) is 0. The number of benzene rings is 2. The van der Waals surface area contributed by atoms with Gasteiger partial charge < -0.3 is 5.73 Å². The van der Waals surface area contributed by atoms with Gasteiger partial charge in [0.05, 0.1) is 31.8 Å². The molecule has 0 bridgehead atoms. The summed E-state index contributed by atoms with van der Waals surface area (Å²) < 4.78 is 2.67. The molecule has 0 atom stereocenters. The van der Waals surface area contributed by atoms with Gasteiger partial charge in [-0.15, -0.1) is 0 Å². The Kier molecular flexibility index (Phi) is 3.58. The zero-order valence-electron chi connectivity index (χ0n) is 9.87. The van der Waals surface area contributed by atoms with Gasteiger partial charge in [-0.2, -0.15) is 0 Å². The van der Waals surface area contributed by atoms with Crippen LogP contribution in [0.5, 0.6) is 0 Å². The van der Waals surface area contributed by atoms with Crippen molar-refractivity contribution in [3.05, 3.63) is 49.9 Å². The third kappa shape index (κ3) is 2.27. The lowest BCUT2D eigenvalue weighted by Gasteiger charge is -2.10. The number of nitrogens with zero attached hydrogens (tertiary/aromatic N) is 2. The second-order valence-corrected chi connectivity index (χ2v) is 6.29. The van der Waals surface area contributed by atoms with Crippen molar-refractivity contribution in [1.29, 1.82) is 0 Å². The van der Waals surface area contributed by atoms with Gasteiger partial charge in [0.25, 0.3) is 0 Å². The molecule has 102 valence electrons. The van der Waals surface area contributed by atoms with Crippen molar-refractivity contribution in [3.8, 4) is 5.69 Å². The predicted molar refractivity (Wildman–Crippen MR) is 88.2 cm³/mol. The first-order valence-corrected chi connectivity index (χ1v) is 7.48. The molecular formula is C13H7BrCl3N3. The van der Waals surface area contributed by atoms with E-state index in [1.807, 2.05) is 18.2 Å². The Morgan fingerprint density at radius 2 is 1.70 bits per heavy atom. The molecule has 20 heavy (non-hydrogen) atoms. The molecule has 3 rings (SSSR count). The second-order valence-electron chi connectivity index (χ2n) is 4.16. The van der Waals surface area contributed by atoms with Gasteiger partial charge in [-0.1, -0.05) is 50.7 Å². The van der Waals surface area contributed by atoms with Gasteiger partial charge in [0.15, 0.2) is 0 Å². The zero-order valence-corrected chi connectivity index (χ0v) is 13.7. The smallest absolute Gasteiger partial charge is 0.205 e. The molecule has 0 aliphatic heterocycles. The van der Waals surface area contributed by atoms with Gasteiger partial charge >= 0.3 is 0 Å². The van der Waals surface area contributed by atoms with Gasteiger partial charge in [0.1, 0.15) is 0 Å². The Balaban J connectivity index is 2.35. The number of halogens is 4. The fraction of sp³-hybridized carbons (Fsp3) is 0. The molecule has 1 heterocycles. The van der Waals surface area contributed by atoms with E-state index < -0.39 is 0 Å². The number of nitrogens with two attached hydrogens (primary N) is 1. The van der Waals surface area contributed by atoms with Crippen molar-refractivity contribution >= 4 is 67.7 Å². The van der Waals surface area contributed by atoms with E-state index in [2.05, 4.69) is 20.9 Å². The van der Waals surface area contributed by atoms with E-state index in [0.717, 1.165) is 15.5 Å². The Bertz CT molecular complexity index is 829. The molecule has 0 amide bonds. The van der Waals surface area contributed by atoms with E-state index in [1.165, 1.54) is 0 Å². The van der Waals surface area contributed by atoms with Gasteiger partial charge in [-0.05, 0) is 30.3 Å². The molecule has 0 aliphatic rings. The lowest BCUT2D eigenvalue weighted by Crippen LogP contribution is -2.01. The molecule has 7 heteroatoms. The van der Waals surface area contributed by atoms with Crippen LogP contribution >= 0.6 is 50.7 Å². The van der Waals surface area contributed by atoms with Crippen LogP contribution < -0.4 is 5.73 Å². The molecule has 0 unspecified atom stereocenters. The van der Waals surface area contributed by atoms with Gasteiger partial charge in [0, 0.05) is 4.47 Å². The maximum Gasteiger partial charge on any atom is 0.205 e. The average Bonchev–Trinajstić information content (AvgIpc) is 2.69. The van der Waals surface area contributed by atoms with Crippen molar-refractivity contribution in [3.63, 3.8) is 0 Å². The van der Waals surface area contributed by atoms with Crippen LogP contribution in [-0.2, 0) is 0 Å². The van der Waals surface area contributed by atoms with E-state index in [4.69, 9.17) is 40.5 Å². The summed E-state index contributed by atoms with van der Waals surface area (Å²) >= 11 is 21.6. The molecule has 0 saturated carbocycles. The Labute approximate surface area is 138 Å². The predicted octanol–water partition coefficient (Wildman–Crippen LogP) is 5.33. The van der Waals surface area contributed by atoms with Crippen LogP contribution in [0.3, 0.4) is 0 Å². The minimum Gasteiger partial charge on any atom is -0.369 e. The highest BCUT2D eigenvalue weighted by atomic mass is 79.9. The van der Waals surface area contributed by atoms with Gasteiger partial charge in [0.2, 0.25) is 5.95 Å².